The van der Waals surface area contributed by atoms with E-state index in [1.807, 2.05) is 78.9 Å². The Bertz CT molecular complexity index is 1760. The predicted molar refractivity (Wildman–Crippen MR) is 202 cm³/mol. The van der Waals surface area contributed by atoms with E-state index in [0.29, 0.717) is 25.8 Å². The summed E-state index contributed by atoms with van der Waals surface area (Å²) in [7, 11) is 0. The van der Waals surface area contributed by atoms with Crippen LogP contribution in [0.5, 0.6) is 0 Å². The van der Waals surface area contributed by atoms with Crippen LogP contribution in [0.25, 0.3) is 11.1 Å². The molecule has 16 nitrogen and oxygen atoms in total. The minimum Gasteiger partial charge on any atom is -0.449 e. The van der Waals surface area contributed by atoms with E-state index < -0.39 is 67.0 Å². The highest BCUT2D eigenvalue weighted by molar-refractivity contribution is 5.94. The van der Waals surface area contributed by atoms with Crippen LogP contribution >= 0.6 is 0 Å². The van der Waals surface area contributed by atoms with Gasteiger partial charge in [0.2, 0.25) is 23.6 Å². The number of nitrogens with zero attached hydrogens (tertiary/aromatic N) is 1. The Morgan fingerprint density at radius 3 is 2.04 bits per heavy atom. The van der Waals surface area contributed by atoms with Crippen LogP contribution in [-0.2, 0) is 30.3 Å². The number of nitrogens with one attached hydrogen (secondary N) is 6. The van der Waals surface area contributed by atoms with Gasteiger partial charge in [0.05, 0.1) is 12.6 Å². The molecule has 0 heterocycles. The second-order valence-electron chi connectivity index (χ2n) is 12.6. The molecule has 4 rings (SSSR count). The van der Waals surface area contributed by atoms with Crippen molar-refractivity contribution in [3.8, 4) is 11.1 Å². The number of carbonyl (C=O) groups is 6. The number of nitrogens with two attached hydrogens (primary N) is 2. The summed E-state index contributed by atoms with van der Waals surface area (Å²) in [4.78, 5) is 75.2. The van der Waals surface area contributed by atoms with Crippen LogP contribution in [-0.4, -0.2) is 86.3 Å². The number of amides is 7. The number of hydrazone groups is 1. The number of rotatable bonds is 19. The van der Waals surface area contributed by atoms with Gasteiger partial charge in [0.15, 0.2) is 0 Å². The van der Waals surface area contributed by atoms with Gasteiger partial charge >= 0.3 is 12.1 Å². The zero-order chi connectivity index (χ0) is 38.9. The normalized spacial score (nSPS) is 13.4. The molecule has 0 spiro atoms. The van der Waals surface area contributed by atoms with Gasteiger partial charge in [-0.05, 0) is 67.0 Å². The van der Waals surface area contributed by atoms with Crippen molar-refractivity contribution in [3.63, 3.8) is 0 Å². The quantitative estimate of drug-likeness (QED) is 0.0502. The fourth-order valence-electron chi connectivity index (χ4n) is 5.97. The Hall–Kier alpha value is -6.29. The number of primary amides is 1. The SMILES string of the molecule is C[C@H](NC(=O)CNC(=O)OCC1c2ccccc2-c2ccccc21)C(=O)N[C@@H](CCCCN)C(=O)NCC(=O)N[C@H](/C=N/NC(N)=O)Cc1ccccc1. The van der Waals surface area contributed by atoms with Crippen LogP contribution in [0.3, 0.4) is 0 Å². The monoisotopic (exact) mass is 741 g/mol. The summed E-state index contributed by atoms with van der Waals surface area (Å²) in [6.07, 6.45) is 2.19. The first-order valence-corrected chi connectivity index (χ1v) is 17.6. The second kappa shape index (κ2) is 20.7. The van der Waals surface area contributed by atoms with Crippen LogP contribution < -0.4 is 43.5 Å². The molecular weight excluding hydrogens is 694 g/mol. The van der Waals surface area contributed by atoms with Crippen molar-refractivity contribution < 1.29 is 33.5 Å². The lowest BCUT2D eigenvalue weighted by molar-refractivity contribution is -0.132. The lowest BCUT2D eigenvalue weighted by Gasteiger charge is -2.22. The third-order valence-electron chi connectivity index (χ3n) is 8.58. The van der Waals surface area contributed by atoms with Gasteiger partial charge in [-0.15, -0.1) is 0 Å². The van der Waals surface area contributed by atoms with Gasteiger partial charge in [0.1, 0.15) is 25.2 Å². The van der Waals surface area contributed by atoms with E-state index in [1.165, 1.54) is 13.1 Å². The van der Waals surface area contributed by atoms with E-state index >= 15 is 0 Å². The smallest absolute Gasteiger partial charge is 0.407 e. The van der Waals surface area contributed by atoms with Crippen molar-refractivity contribution in [2.75, 3.05) is 26.2 Å². The second-order valence-corrected chi connectivity index (χ2v) is 12.6. The third-order valence-corrected chi connectivity index (χ3v) is 8.58. The van der Waals surface area contributed by atoms with Gasteiger partial charge in [-0.1, -0.05) is 78.9 Å². The molecule has 3 atom stereocenters. The van der Waals surface area contributed by atoms with E-state index in [2.05, 4.69) is 37.1 Å². The molecule has 7 amide bonds. The van der Waals surface area contributed by atoms with Gasteiger partial charge in [-0.25, -0.2) is 15.0 Å². The Morgan fingerprint density at radius 1 is 0.778 bits per heavy atom. The maximum atomic E-state index is 13.1. The molecule has 0 saturated carbocycles. The molecule has 3 aromatic rings. The Labute approximate surface area is 313 Å². The lowest BCUT2D eigenvalue weighted by Crippen LogP contribution is -2.54. The topological polar surface area (TPSA) is 248 Å². The summed E-state index contributed by atoms with van der Waals surface area (Å²) in [6.45, 7) is 1.02. The minimum atomic E-state index is -1.07. The van der Waals surface area contributed by atoms with E-state index in [9.17, 15) is 28.8 Å². The molecule has 1 aliphatic carbocycles. The average molecular weight is 742 g/mol. The number of ether oxygens (including phenoxy) is 1. The van der Waals surface area contributed by atoms with Crippen LogP contribution in [0.1, 0.15) is 48.8 Å². The van der Waals surface area contributed by atoms with E-state index in [-0.39, 0.29) is 18.9 Å². The fourth-order valence-corrected chi connectivity index (χ4v) is 5.97. The molecule has 0 radical (unpaired) electrons. The number of urea groups is 1. The van der Waals surface area contributed by atoms with Crippen LogP contribution in [0, 0.1) is 0 Å². The van der Waals surface area contributed by atoms with Crippen LogP contribution in [0.2, 0.25) is 0 Å². The Kier molecular flexibility index (Phi) is 15.5. The first-order valence-electron chi connectivity index (χ1n) is 17.6. The highest BCUT2D eigenvalue weighted by Crippen LogP contribution is 2.44. The molecule has 3 aromatic carbocycles. The Balaban J connectivity index is 1.23. The number of alkyl carbamates (subject to hydrolysis) is 1. The average Bonchev–Trinajstić information content (AvgIpc) is 3.48. The number of hydrogen-bond acceptors (Lipinski definition) is 9. The highest BCUT2D eigenvalue weighted by atomic mass is 16.5. The molecular formula is C38H47N9O7. The molecule has 0 unspecified atom stereocenters. The highest BCUT2D eigenvalue weighted by Gasteiger charge is 2.29. The predicted octanol–water partition coefficient (Wildman–Crippen LogP) is 1.14. The molecule has 0 bridgehead atoms. The Morgan fingerprint density at radius 2 is 1.39 bits per heavy atom. The lowest BCUT2D eigenvalue weighted by atomic mass is 9.98. The van der Waals surface area contributed by atoms with Crippen molar-refractivity contribution in [3.05, 3.63) is 95.6 Å². The summed E-state index contributed by atoms with van der Waals surface area (Å²) in [5.41, 5.74) is 17.9. The summed E-state index contributed by atoms with van der Waals surface area (Å²) in [5, 5.41) is 16.5. The first kappa shape index (κ1) is 40.5. The van der Waals surface area contributed by atoms with E-state index in [4.69, 9.17) is 16.2 Å². The van der Waals surface area contributed by atoms with E-state index in [0.717, 1.165) is 27.8 Å². The number of carbonyl (C=O) groups excluding carboxylic acids is 6. The van der Waals surface area contributed by atoms with Crippen molar-refractivity contribution >= 4 is 42.0 Å². The molecule has 0 aromatic heterocycles. The minimum absolute atomic E-state index is 0.0759. The summed E-state index contributed by atoms with van der Waals surface area (Å²) < 4.78 is 5.46. The number of benzene rings is 3. The van der Waals surface area contributed by atoms with Crippen LogP contribution in [0.4, 0.5) is 9.59 Å². The summed E-state index contributed by atoms with van der Waals surface area (Å²) in [6, 6.07) is 21.5. The molecule has 286 valence electrons. The van der Waals surface area contributed by atoms with E-state index in [1.54, 1.807) is 0 Å². The zero-order valence-electron chi connectivity index (χ0n) is 30.0. The maximum absolute atomic E-state index is 13.1. The standard InChI is InChI=1S/C38H47N9O7/c1-24(44-33(48)22-42-38(53)54-23-31-29-15-7-5-13-27(29)28-14-6-8-16-30(28)31)35(50)46-32(17-9-10-18-39)36(51)41-21-34(49)45-26(20-43-47-37(40)52)19-25-11-3-2-4-12-25/h2-8,11-16,20,24,26,31-32H,9-10,17-19,21-23,39H2,1H3,(H,41,51)(H,42,53)(H,44,48)(H,45,49)(H,46,50)(H3,40,47,52)/b43-20+/t24-,26-,32-/m0/s1. The van der Waals surface area contributed by atoms with Gasteiger partial charge in [-0.3, -0.25) is 19.2 Å². The van der Waals surface area contributed by atoms with Crippen molar-refractivity contribution in [1.29, 1.82) is 0 Å². The maximum Gasteiger partial charge on any atom is 0.407 e. The third kappa shape index (κ3) is 12.4. The summed E-state index contributed by atoms with van der Waals surface area (Å²) in [5.74, 6) is -2.61. The van der Waals surface area contributed by atoms with Gasteiger partial charge in [0.25, 0.3) is 0 Å². The van der Waals surface area contributed by atoms with Crippen molar-refractivity contribution in [2.45, 2.75) is 56.7 Å². The number of unbranched alkanes of at least 4 members (excludes halogenated alkanes) is 1. The molecule has 16 heteroatoms. The first-order chi connectivity index (χ1) is 26.0. The molecule has 0 fully saturated rings. The largest absolute Gasteiger partial charge is 0.449 e. The molecule has 10 N–H and O–H groups in total. The van der Waals surface area contributed by atoms with Gasteiger partial charge < -0.3 is 42.8 Å². The number of hydrogen-bond donors (Lipinski definition) is 8. The van der Waals surface area contributed by atoms with Gasteiger partial charge in [0, 0.05) is 12.1 Å². The molecule has 54 heavy (non-hydrogen) atoms. The number of fused-ring (bicyclic) bond motifs is 3. The summed E-state index contributed by atoms with van der Waals surface area (Å²) >= 11 is 0. The van der Waals surface area contributed by atoms with Crippen molar-refractivity contribution in [2.24, 2.45) is 16.6 Å². The van der Waals surface area contributed by atoms with Gasteiger partial charge in [-0.2, -0.15) is 5.10 Å². The fraction of sp³-hybridized carbons (Fsp3) is 0.342. The van der Waals surface area contributed by atoms with Crippen molar-refractivity contribution in [1.82, 2.24) is 32.0 Å². The molecule has 1 aliphatic rings. The zero-order valence-corrected chi connectivity index (χ0v) is 30.0. The molecule has 0 aliphatic heterocycles. The van der Waals surface area contributed by atoms with Crippen LogP contribution in [0.15, 0.2) is 84.0 Å². The molecule has 0 saturated heterocycles.